The number of anilines is 1. The Morgan fingerprint density at radius 3 is 2.38 bits per heavy atom. The number of carbonyl (C=O) groups is 2. The van der Waals surface area contributed by atoms with Gasteiger partial charge in [0, 0.05) is 19.2 Å². The maximum absolute atomic E-state index is 13.7. The number of benzene rings is 2. The van der Waals surface area contributed by atoms with Gasteiger partial charge in [-0.25, -0.2) is 8.42 Å². The molecule has 37 heavy (non-hydrogen) atoms. The van der Waals surface area contributed by atoms with Crippen molar-refractivity contribution in [3.63, 3.8) is 0 Å². The molecule has 0 unspecified atom stereocenters. The molecule has 2 aromatic rings. The van der Waals surface area contributed by atoms with Gasteiger partial charge in [-0.05, 0) is 42.2 Å². The fourth-order valence-electron chi connectivity index (χ4n) is 3.83. The van der Waals surface area contributed by atoms with E-state index in [1.165, 1.54) is 17.0 Å². The highest BCUT2D eigenvalue weighted by atomic mass is 35.5. The number of sulfonamides is 1. The second-order valence-electron chi connectivity index (χ2n) is 9.14. The van der Waals surface area contributed by atoms with Gasteiger partial charge in [-0.1, -0.05) is 50.0 Å². The zero-order chi connectivity index (χ0) is 27.3. The van der Waals surface area contributed by atoms with Crippen molar-refractivity contribution < 1.29 is 27.5 Å². The summed E-state index contributed by atoms with van der Waals surface area (Å²) in [4.78, 5) is 28.2. The van der Waals surface area contributed by atoms with E-state index in [1.807, 2.05) is 13.8 Å². The highest BCUT2D eigenvalue weighted by molar-refractivity contribution is 7.92. The maximum Gasteiger partial charge on any atom is 0.244 e. The second kappa shape index (κ2) is 12.2. The van der Waals surface area contributed by atoms with Gasteiger partial charge in [0.05, 0.1) is 22.0 Å². The lowest BCUT2D eigenvalue weighted by molar-refractivity contribution is -0.140. The van der Waals surface area contributed by atoms with Gasteiger partial charge in [0.1, 0.15) is 12.6 Å². The summed E-state index contributed by atoms with van der Waals surface area (Å²) in [5.74, 6) is 0.204. The Morgan fingerprint density at radius 2 is 1.76 bits per heavy atom. The monoisotopic (exact) mass is 571 g/mol. The average molecular weight is 573 g/mol. The van der Waals surface area contributed by atoms with Crippen molar-refractivity contribution in [3.05, 3.63) is 52.0 Å². The summed E-state index contributed by atoms with van der Waals surface area (Å²) in [5, 5.41) is 3.54. The van der Waals surface area contributed by atoms with E-state index in [1.54, 1.807) is 31.2 Å². The quantitative estimate of drug-likeness (QED) is 0.436. The number of rotatable bonds is 11. The number of nitrogens with zero attached hydrogens (tertiary/aromatic N) is 2. The van der Waals surface area contributed by atoms with E-state index in [9.17, 15) is 18.0 Å². The summed E-state index contributed by atoms with van der Waals surface area (Å²) in [6.07, 6.45) is 1.33. The molecule has 0 aromatic heterocycles. The Hall–Kier alpha value is -2.69. The van der Waals surface area contributed by atoms with E-state index in [2.05, 4.69) is 5.32 Å². The average Bonchev–Trinajstić information content (AvgIpc) is 3.30. The van der Waals surface area contributed by atoms with Crippen molar-refractivity contribution in [3.8, 4) is 11.5 Å². The Morgan fingerprint density at radius 1 is 1.05 bits per heavy atom. The zero-order valence-corrected chi connectivity index (χ0v) is 23.5. The van der Waals surface area contributed by atoms with Crippen LogP contribution in [0.5, 0.6) is 11.5 Å². The van der Waals surface area contributed by atoms with Crippen LogP contribution in [0.4, 0.5) is 5.69 Å². The molecule has 0 radical (unpaired) electrons. The summed E-state index contributed by atoms with van der Waals surface area (Å²) in [5.41, 5.74) is 0.888. The van der Waals surface area contributed by atoms with Crippen molar-refractivity contribution in [2.75, 3.05) is 30.4 Å². The lowest BCUT2D eigenvalue weighted by Gasteiger charge is -2.33. The lowest BCUT2D eigenvalue weighted by Crippen LogP contribution is -2.52. The molecule has 2 aromatic carbocycles. The first-order valence-corrected chi connectivity index (χ1v) is 14.4. The van der Waals surface area contributed by atoms with Gasteiger partial charge >= 0.3 is 0 Å². The normalized spacial score (nSPS) is 13.4. The number of halogens is 2. The Bertz CT molecular complexity index is 1250. The molecule has 0 aliphatic carbocycles. The van der Waals surface area contributed by atoms with Gasteiger partial charge in [0.15, 0.2) is 11.5 Å². The molecule has 1 aliphatic heterocycles. The Balaban J connectivity index is 1.95. The van der Waals surface area contributed by atoms with Crippen LogP contribution in [0.1, 0.15) is 32.8 Å². The van der Waals surface area contributed by atoms with Crippen molar-refractivity contribution in [1.82, 2.24) is 10.2 Å². The standard InChI is InChI=1S/C25H31Cl2N3O6S/c1-5-21(25(32)28-12-16(2)3)29(13-17-6-8-19(26)20(27)10-17)24(31)14-30(37(4,33)34)18-7-9-22-23(11-18)36-15-35-22/h6-11,16,21H,5,12-15H2,1-4H3,(H,28,32)/t21-/m1/s1. The van der Waals surface area contributed by atoms with Gasteiger partial charge in [0.2, 0.25) is 28.6 Å². The molecule has 2 amide bonds. The third kappa shape index (κ3) is 7.43. The molecule has 1 heterocycles. The molecular weight excluding hydrogens is 541 g/mol. The highest BCUT2D eigenvalue weighted by Crippen LogP contribution is 2.36. The predicted molar refractivity (Wildman–Crippen MR) is 144 cm³/mol. The third-order valence-corrected chi connectivity index (χ3v) is 7.61. The first-order valence-electron chi connectivity index (χ1n) is 11.8. The van der Waals surface area contributed by atoms with Crippen LogP contribution < -0.4 is 19.1 Å². The molecule has 0 spiro atoms. The first-order chi connectivity index (χ1) is 17.4. The predicted octanol–water partition coefficient (Wildman–Crippen LogP) is 4.07. The molecule has 0 saturated carbocycles. The molecule has 1 atom stereocenters. The topological polar surface area (TPSA) is 105 Å². The highest BCUT2D eigenvalue weighted by Gasteiger charge is 2.32. The van der Waals surface area contributed by atoms with Crippen LogP contribution in [0, 0.1) is 5.92 Å². The van der Waals surface area contributed by atoms with Gasteiger partial charge in [-0.2, -0.15) is 0 Å². The van der Waals surface area contributed by atoms with E-state index < -0.39 is 28.5 Å². The van der Waals surface area contributed by atoms with Gasteiger partial charge < -0.3 is 19.7 Å². The second-order valence-corrected chi connectivity index (χ2v) is 11.9. The van der Waals surface area contributed by atoms with Crippen LogP contribution in [-0.4, -0.2) is 57.3 Å². The maximum atomic E-state index is 13.7. The number of fused-ring (bicyclic) bond motifs is 1. The molecular formula is C25H31Cl2N3O6S. The minimum absolute atomic E-state index is 0.0255. The number of hydrogen-bond acceptors (Lipinski definition) is 6. The summed E-state index contributed by atoms with van der Waals surface area (Å²) in [6.45, 7) is 5.70. The molecule has 1 N–H and O–H groups in total. The molecule has 9 nitrogen and oxygen atoms in total. The lowest BCUT2D eigenvalue weighted by atomic mass is 10.1. The van der Waals surface area contributed by atoms with Crippen molar-refractivity contribution in [2.45, 2.75) is 39.8 Å². The van der Waals surface area contributed by atoms with Gasteiger partial charge in [-0.3, -0.25) is 13.9 Å². The molecule has 12 heteroatoms. The van der Waals surface area contributed by atoms with E-state index in [4.69, 9.17) is 32.7 Å². The van der Waals surface area contributed by atoms with Crippen LogP contribution in [0.15, 0.2) is 36.4 Å². The smallest absolute Gasteiger partial charge is 0.244 e. The third-order valence-electron chi connectivity index (χ3n) is 5.73. The SMILES string of the molecule is CC[C@H](C(=O)NCC(C)C)N(Cc1ccc(Cl)c(Cl)c1)C(=O)CN(c1ccc2c(c1)OCO2)S(C)(=O)=O. The number of amides is 2. The van der Waals surface area contributed by atoms with Crippen LogP contribution in [0.2, 0.25) is 10.0 Å². The largest absolute Gasteiger partial charge is 0.454 e. The summed E-state index contributed by atoms with van der Waals surface area (Å²) < 4.78 is 37.2. The van der Waals surface area contributed by atoms with E-state index in [0.29, 0.717) is 40.1 Å². The molecule has 1 aliphatic rings. The molecule has 0 bridgehead atoms. The van der Waals surface area contributed by atoms with Crippen LogP contribution in [0.3, 0.4) is 0 Å². The minimum atomic E-state index is -3.87. The van der Waals surface area contributed by atoms with Crippen molar-refractivity contribution in [2.24, 2.45) is 5.92 Å². The van der Waals surface area contributed by atoms with Gasteiger partial charge in [0.25, 0.3) is 0 Å². The summed E-state index contributed by atoms with van der Waals surface area (Å²) >= 11 is 12.2. The van der Waals surface area contributed by atoms with E-state index in [-0.39, 0.29) is 30.9 Å². The fourth-order valence-corrected chi connectivity index (χ4v) is 4.99. The van der Waals surface area contributed by atoms with Gasteiger partial charge in [-0.15, -0.1) is 0 Å². The molecule has 3 rings (SSSR count). The summed E-state index contributed by atoms with van der Waals surface area (Å²) in [6, 6.07) is 8.73. The number of ether oxygens (including phenoxy) is 2. The number of nitrogens with one attached hydrogen (secondary N) is 1. The molecule has 0 saturated heterocycles. The van der Waals surface area contributed by atoms with Crippen molar-refractivity contribution >= 4 is 50.7 Å². The molecule has 0 fully saturated rings. The van der Waals surface area contributed by atoms with E-state index in [0.717, 1.165) is 10.6 Å². The van der Waals surface area contributed by atoms with Crippen molar-refractivity contribution in [1.29, 1.82) is 0 Å². The molecule has 202 valence electrons. The number of hydrogen-bond donors (Lipinski definition) is 1. The van der Waals surface area contributed by atoms with Crippen LogP contribution >= 0.6 is 23.2 Å². The Labute approximate surface area is 227 Å². The zero-order valence-electron chi connectivity index (χ0n) is 21.2. The minimum Gasteiger partial charge on any atom is -0.454 e. The van der Waals surface area contributed by atoms with E-state index >= 15 is 0 Å². The number of carbonyl (C=O) groups excluding carboxylic acids is 2. The first kappa shape index (κ1) is 28.9. The summed E-state index contributed by atoms with van der Waals surface area (Å²) in [7, 11) is -3.87. The van der Waals surface area contributed by atoms with Crippen LogP contribution in [-0.2, 0) is 26.2 Å². The fraction of sp³-hybridized carbons (Fsp3) is 0.440. The van der Waals surface area contributed by atoms with Crippen LogP contribution in [0.25, 0.3) is 0 Å². The Kier molecular flexibility index (Phi) is 9.55.